The van der Waals surface area contributed by atoms with Gasteiger partial charge in [-0.2, -0.15) is 15.0 Å². The van der Waals surface area contributed by atoms with Gasteiger partial charge in [0.25, 0.3) is 0 Å². The van der Waals surface area contributed by atoms with Gasteiger partial charge in [-0.25, -0.2) is 13.1 Å². The van der Waals surface area contributed by atoms with Crippen molar-refractivity contribution in [3.8, 4) is 17.2 Å². The molecular weight excluding hydrogens is 380 g/mol. The normalized spacial score (nSPS) is 13.5. The molecule has 9 heteroatoms. The Hall–Kier alpha value is -2.91. The number of aryl methyl sites for hydroxylation is 2. The molecule has 0 radical (unpaired) electrons. The van der Waals surface area contributed by atoms with Crippen molar-refractivity contribution in [1.29, 1.82) is 0 Å². The molecule has 0 atom stereocenters. The molecule has 0 amide bonds. The molecule has 1 aromatic heterocycles. The van der Waals surface area contributed by atoms with E-state index in [9.17, 15) is 8.42 Å². The van der Waals surface area contributed by atoms with E-state index in [4.69, 9.17) is 9.47 Å². The Morgan fingerprint density at radius 3 is 2.46 bits per heavy atom. The molecular formula is C19H20N4O4S. The lowest BCUT2D eigenvalue weighted by Crippen LogP contribution is -2.26. The van der Waals surface area contributed by atoms with Crippen molar-refractivity contribution >= 4 is 10.0 Å². The van der Waals surface area contributed by atoms with Crippen LogP contribution in [0.2, 0.25) is 0 Å². The number of nitrogens with zero attached hydrogens (tertiary/aromatic N) is 3. The van der Waals surface area contributed by atoms with Crippen LogP contribution >= 0.6 is 0 Å². The molecule has 0 aliphatic carbocycles. The average molecular weight is 400 g/mol. The lowest BCUT2D eigenvalue weighted by atomic mass is 10.2. The molecule has 1 aliphatic rings. The second-order valence-electron chi connectivity index (χ2n) is 6.42. The van der Waals surface area contributed by atoms with Gasteiger partial charge in [0.05, 0.1) is 17.9 Å². The Balaban J connectivity index is 1.58. The maximum Gasteiger partial charge on any atom is 0.244 e. The zero-order valence-corrected chi connectivity index (χ0v) is 16.4. The quantitative estimate of drug-likeness (QED) is 0.705. The highest BCUT2D eigenvalue weighted by atomic mass is 32.2. The van der Waals surface area contributed by atoms with E-state index in [1.54, 1.807) is 13.0 Å². The van der Waals surface area contributed by atoms with Crippen molar-refractivity contribution in [1.82, 2.24) is 19.7 Å². The zero-order valence-electron chi connectivity index (χ0n) is 15.5. The number of hydrogen-bond donors (Lipinski definition) is 1. The van der Waals surface area contributed by atoms with E-state index >= 15 is 0 Å². The predicted molar refractivity (Wildman–Crippen MR) is 102 cm³/mol. The summed E-state index contributed by atoms with van der Waals surface area (Å²) < 4.78 is 39.5. The van der Waals surface area contributed by atoms with Gasteiger partial charge in [-0.1, -0.05) is 24.3 Å². The van der Waals surface area contributed by atoms with E-state index < -0.39 is 10.0 Å². The number of sulfonamides is 1. The summed E-state index contributed by atoms with van der Waals surface area (Å²) in [5, 5.41) is 8.76. The summed E-state index contributed by atoms with van der Waals surface area (Å²) in [4.78, 5) is 1.55. The fourth-order valence-electron chi connectivity index (χ4n) is 2.95. The van der Waals surface area contributed by atoms with Crippen molar-refractivity contribution in [2.45, 2.75) is 25.3 Å². The minimum atomic E-state index is -3.82. The molecule has 1 N–H and O–H groups in total. The van der Waals surface area contributed by atoms with Gasteiger partial charge in [-0.05, 0) is 37.6 Å². The van der Waals surface area contributed by atoms with Gasteiger partial charge in [0, 0.05) is 0 Å². The van der Waals surface area contributed by atoms with Crippen molar-refractivity contribution in [3.05, 3.63) is 59.4 Å². The summed E-state index contributed by atoms with van der Waals surface area (Å²) in [5.41, 5.74) is 2.83. The molecule has 28 heavy (non-hydrogen) atoms. The molecule has 0 spiro atoms. The lowest BCUT2D eigenvalue weighted by Gasteiger charge is -2.22. The second-order valence-corrected chi connectivity index (χ2v) is 8.15. The summed E-state index contributed by atoms with van der Waals surface area (Å²) in [6.45, 7) is 4.36. The molecule has 8 nitrogen and oxygen atoms in total. The molecule has 0 bridgehead atoms. The topological polar surface area (TPSA) is 95.3 Å². The van der Waals surface area contributed by atoms with Crippen LogP contribution in [0.15, 0.2) is 47.4 Å². The van der Waals surface area contributed by atoms with E-state index in [1.807, 2.05) is 37.3 Å². The lowest BCUT2D eigenvalue weighted by molar-refractivity contribution is 0.165. The SMILES string of the molecule is Cc1ccc(S(=O)(=O)NCc2nn(-c3ccccc3)nc2C)c2c1OCCO2. The molecule has 146 valence electrons. The number of ether oxygens (including phenoxy) is 2. The van der Waals surface area contributed by atoms with Crippen molar-refractivity contribution in [2.24, 2.45) is 0 Å². The summed E-state index contributed by atoms with van der Waals surface area (Å²) in [7, 11) is -3.82. The van der Waals surface area contributed by atoms with Gasteiger partial charge in [-0.15, -0.1) is 0 Å². The minimum Gasteiger partial charge on any atom is -0.486 e. The summed E-state index contributed by atoms with van der Waals surface area (Å²) in [6, 6.07) is 12.7. The van der Waals surface area contributed by atoms with Crippen LogP contribution in [0.5, 0.6) is 11.5 Å². The number of fused-ring (bicyclic) bond motifs is 1. The molecule has 0 unspecified atom stereocenters. The van der Waals surface area contributed by atoms with Crippen LogP contribution in [-0.4, -0.2) is 36.6 Å². The molecule has 0 fully saturated rings. The Bertz CT molecular complexity index is 1110. The van der Waals surface area contributed by atoms with Gasteiger partial charge in [0.2, 0.25) is 10.0 Å². The third kappa shape index (κ3) is 3.46. The first-order valence-electron chi connectivity index (χ1n) is 8.83. The van der Waals surface area contributed by atoms with Crippen molar-refractivity contribution in [3.63, 3.8) is 0 Å². The van der Waals surface area contributed by atoms with E-state index in [-0.39, 0.29) is 17.2 Å². The van der Waals surface area contributed by atoms with Crippen LogP contribution in [0.25, 0.3) is 5.69 Å². The van der Waals surface area contributed by atoms with Crippen LogP contribution in [0.1, 0.15) is 17.0 Å². The van der Waals surface area contributed by atoms with Gasteiger partial charge in [0.1, 0.15) is 23.8 Å². The van der Waals surface area contributed by atoms with Crippen LogP contribution in [0.4, 0.5) is 0 Å². The summed E-state index contributed by atoms with van der Waals surface area (Å²) >= 11 is 0. The van der Waals surface area contributed by atoms with Gasteiger partial charge >= 0.3 is 0 Å². The fraction of sp³-hybridized carbons (Fsp3) is 0.263. The monoisotopic (exact) mass is 400 g/mol. The first kappa shape index (κ1) is 18.5. The molecule has 4 rings (SSSR count). The Morgan fingerprint density at radius 2 is 1.71 bits per heavy atom. The fourth-order valence-corrected chi connectivity index (χ4v) is 4.07. The first-order valence-corrected chi connectivity index (χ1v) is 10.3. The number of benzene rings is 2. The highest BCUT2D eigenvalue weighted by Crippen LogP contribution is 2.39. The number of aromatic nitrogens is 3. The van der Waals surface area contributed by atoms with E-state index in [0.717, 1.165) is 11.3 Å². The number of rotatable bonds is 5. The molecule has 2 aromatic carbocycles. The summed E-state index contributed by atoms with van der Waals surface area (Å²) in [6.07, 6.45) is 0. The minimum absolute atomic E-state index is 0.0184. The zero-order chi connectivity index (χ0) is 19.7. The van der Waals surface area contributed by atoms with E-state index in [2.05, 4.69) is 14.9 Å². The van der Waals surface area contributed by atoms with Gasteiger partial charge in [0.15, 0.2) is 11.5 Å². The largest absolute Gasteiger partial charge is 0.486 e. The van der Waals surface area contributed by atoms with Crippen LogP contribution in [-0.2, 0) is 16.6 Å². The maximum atomic E-state index is 12.9. The summed E-state index contributed by atoms with van der Waals surface area (Å²) in [5.74, 6) is 0.726. The molecule has 3 aromatic rings. The van der Waals surface area contributed by atoms with Gasteiger partial charge in [-0.3, -0.25) is 0 Å². The first-order chi connectivity index (χ1) is 13.5. The second kappa shape index (κ2) is 7.25. The predicted octanol–water partition coefficient (Wildman–Crippen LogP) is 2.13. The Morgan fingerprint density at radius 1 is 1.00 bits per heavy atom. The molecule has 0 saturated carbocycles. The van der Waals surface area contributed by atoms with Crippen molar-refractivity contribution in [2.75, 3.05) is 13.2 Å². The van der Waals surface area contributed by atoms with Crippen LogP contribution in [0, 0.1) is 13.8 Å². The standard InChI is InChI=1S/C19H20N4O4S/c1-13-8-9-17(19-18(13)26-10-11-27-19)28(24,25)20-12-16-14(2)21-23(22-16)15-6-4-3-5-7-15/h3-9,20H,10-12H2,1-2H3. The maximum absolute atomic E-state index is 12.9. The van der Waals surface area contributed by atoms with Gasteiger partial charge < -0.3 is 9.47 Å². The van der Waals surface area contributed by atoms with Crippen LogP contribution < -0.4 is 14.2 Å². The number of hydrogen-bond acceptors (Lipinski definition) is 6. The number of nitrogens with one attached hydrogen (secondary N) is 1. The average Bonchev–Trinajstić information content (AvgIpc) is 3.08. The number of para-hydroxylation sites is 1. The van der Waals surface area contributed by atoms with Crippen LogP contribution in [0.3, 0.4) is 0 Å². The Labute approximate surface area is 163 Å². The molecule has 2 heterocycles. The highest BCUT2D eigenvalue weighted by Gasteiger charge is 2.27. The molecule has 1 aliphatic heterocycles. The van der Waals surface area contributed by atoms with E-state index in [1.165, 1.54) is 10.9 Å². The Kier molecular flexibility index (Phi) is 4.78. The smallest absolute Gasteiger partial charge is 0.244 e. The third-order valence-corrected chi connectivity index (χ3v) is 5.86. The third-order valence-electron chi connectivity index (χ3n) is 4.43. The van der Waals surface area contributed by atoms with Crippen molar-refractivity contribution < 1.29 is 17.9 Å². The van der Waals surface area contributed by atoms with E-state index in [0.29, 0.717) is 30.4 Å². The molecule has 0 saturated heterocycles. The highest BCUT2D eigenvalue weighted by molar-refractivity contribution is 7.89.